The van der Waals surface area contributed by atoms with Crippen LogP contribution in [0.3, 0.4) is 0 Å². The molecule has 4 nitrogen and oxygen atoms in total. The maximum Gasteiger partial charge on any atom is 0.129 e. The quantitative estimate of drug-likeness (QED) is 0.217. The van der Waals surface area contributed by atoms with Crippen molar-refractivity contribution in [2.45, 2.75) is 13.2 Å². The van der Waals surface area contributed by atoms with E-state index in [9.17, 15) is 15.3 Å². The second-order valence-corrected chi connectivity index (χ2v) is 9.33. The van der Waals surface area contributed by atoms with Crippen LogP contribution in [0.1, 0.15) is 11.1 Å². The van der Waals surface area contributed by atoms with Gasteiger partial charge >= 0.3 is 0 Å². The molecule has 0 fully saturated rings. The summed E-state index contributed by atoms with van der Waals surface area (Å²) in [6.45, 7) is 0.303. The highest BCUT2D eigenvalue weighted by atomic mass is 16.5. The van der Waals surface area contributed by atoms with Crippen molar-refractivity contribution in [2.24, 2.45) is 0 Å². The molecule has 6 aromatic carbocycles. The molecule has 0 aromatic heterocycles. The molecule has 0 radical (unpaired) electrons. The highest BCUT2D eigenvalue weighted by Crippen LogP contribution is 2.46. The molecule has 0 unspecified atom stereocenters. The third kappa shape index (κ3) is 4.21. The van der Waals surface area contributed by atoms with Gasteiger partial charge in [0.15, 0.2) is 0 Å². The summed E-state index contributed by atoms with van der Waals surface area (Å²) >= 11 is 0. The lowest BCUT2D eigenvalue weighted by atomic mass is 9.90. The van der Waals surface area contributed by atoms with E-state index >= 15 is 0 Å². The largest absolute Gasteiger partial charge is 0.507 e. The van der Waals surface area contributed by atoms with Crippen LogP contribution in [0, 0.1) is 0 Å². The van der Waals surface area contributed by atoms with Crippen LogP contribution in [0.4, 0.5) is 0 Å². The van der Waals surface area contributed by atoms with Gasteiger partial charge in [0.2, 0.25) is 0 Å². The smallest absolute Gasteiger partial charge is 0.129 e. The molecule has 0 saturated heterocycles. The number of para-hydroxylation sites is 1. The second-order valence-electron chi connectivity index (χ2n) is 9.33. The molecule has 4 heteroatoms. The zero-order valence-electron chi connectivity index (χ0n) is 20.6. The van der Waals surface area contributed by atoms with Crippen LogP contribution in [0.2, 0.25) is 0 Å². The minimum Gasteiger partial charge on any atom is -0.507 e. The topological polar surface area (TPSA) is 69.9 Å². The Morgan fingerprint density at radius 2 is 1.16 bits per heavy atom. The third-order valence-electron chi connectivity index (χ3n) is 6.98. The van der Waals surface area contributed by atoms with E-state index in [1.807, 2.05) is 109 Å². The Bertz CT molecular complexity index is 1770. The predicted octanol–water partition coefficient (Wildman–Crippen LogP) is 8.16. The fraction of sp³-hybridized carbons (Fsp3) is 0.0588. The first-order chi connectivity index (χ1) is 18.6. The van der Waals surface area contributed by atoms with Crippen molar-refractivity contribution in [2.75, 3.05) is 0 Å². The molecule has 6 rings (SSSR count). The molecule has 0 amide bonds. The van der Waals surface area contributed by atoms with Gasteiger partial charge in [-0.3, -0.25) is 0 Å². The van der Waals surface area contributed by atoms with E-state index in [-0.39, 0.29) is 30.5 Å². The van der Waals surface area contributed by atoms with Gasteiger partial charge in [-0.25, -0.2) is 0 Å². The molecular weight excluding hydrogens is 472 g/mol. The van der Waals surface area contributed by atoms with Gasteiger partial charge in [-0.15, -0.1) is 0 Å². The molecule has 6 aromatic rings. The van der Waals surface area contributed by atoms with Gasteiger partial charge in [-0.1, -0.05) is 103 Å². The van der Waals surface area contributed by atoms with Gasteiger partial charge in [-0.05, 0) is 39.2 Å². The summed E-state index contributed by atoms with van der Waals surface area (Å²) in [5.41, 5.74) is 4.10. The highest BCUT2D eigenvalue weighted by molar-refractivity contribution is 6.10. The number of benzene rings is 6. The summed E-state index contributed by atoms with van der Waals surface area (Å²) in [5, 5.41) is 37.0. The summed E-state index contributed by atoms with van der Waals surface area (Å²) in [4.78, 5) is 0. The molecule has 186 valence electrons. The van der Waals surface area contributed by atoms with Crippen LogP contribution >= 0.6 is 0 Å². The van der Waals surface area contributed by atoms with Gasteiger partial charge < -0.3 is 20.1 Å². The van der Waals surface area contributed by atoms with Crippen molar-refractivity contribution in [1.82, 2.24) is 0 Å². The molecule has 0 atom stereocenters. The van der Waals surface area contributed by atoms with Gasteiger partial charge in [0.1, 0.15) is 17.2 Å². The Hall–Kier alpha value is -4.80. The maximum absolute atomic E-state index is 11.5. The lowest BCUT2D eigenvalue weighted by Crippen LogP contribution is -1.98. The van der Waals surface area contributed by atoms with Crippen LogP contribution in [-0.4, -0.2) is 15.3 Å². The van der Waals surface area contributed by atoms with Crippen LogP contribution in [0.25, 0.3) is 43.8 Å². The van der Waals surface area contributed by atoms with E-state index in [0.717, 1.165) is 32.7 Å². The average molecular weight is 499 g/mol. The molecule has 3 N–H and O–H groups in total. The van der Waals surface area contributed by atoms with Crippen molar-refractivity contribution >= 4 is 21.5 Å². The minimum absolute atomic E-state index is 0.0672. The van der Waals surface area contributed by atoms with Crippen molar-refractivity contribution in [3.63, 3.8) is 0 Å². The SMILES string of the molecule is Oc1ccc2ccccc2c1-c1c(O)c(COCc2cccc(-c3ccccc3)c2O)cc2ccccc12. The number of ether oxygens (including phenoxy) is 1. The lowest BCUT2D eigenvalue weighted by Gasteiger charge is -2.17. The Kier molecular flexibility index (Phi) is 6.16. The van der Waals surface area contributed by atoms with E-state index < -0.39 is 0 Å². The normalized spacial score (nSPS) is 11.3. The molecule has 38 heavy (non-hydrogen) atoms. The van der Waals surface area contributed by atoms with Crippen molar-refractivity contribution < 1.29 is 20.1 Å². The number of aromatic hydroxyl groups is 3. The van der Waals surface area contributed by atoms with E-state index in [4.69, 9.17) is 4.74 Å². The van der Waals surface area contributed by atoms with Crippen LogP contribution in [0.5, 0.6) is 17.2 Å². The molecule has 0 spiro atoms. The van der Waals surface area contributed by atoms with Crippen molar-refractivity contribution in [1.29, 1.82) is 0 Å². The number of hydrogen-bond acceptors (Lipinski definition) is 4. The highest BCUT2D eigenvalue weighted by Gasteiger charge is 2.20. The van der Waals surface area contributed by atoms with Crippen LogP contribution in [0.15, 0.2) is 115 Å². The predicted molar refractivity (Wildman–Crippen MR) is 152 cm³/mol. The summed E-state index contributed by atoms with van der Waals surface area (Å²) in [6.07, 6.45) is 0. The molecule has 0 heterocycles. The summed E-state index contributed by atoms with van der Waals surface area (Å²) in [6, 6.07) is 36.4. The zero-order chi connectivity index (χ0) is 26.1. The van der Waals surface area contributed by atoms with Gasteiger partial charge in [-0.2, -0.15) is 0 Å². The summed E-state index contributed by atoms with van der Waals surface area (Å²) in [5.74, 6) is 0.352. The van der Waals surface area contributed by atoms with E-state index in [1.54, 1.807) is 6.07 Å². The van der Waals surface area contributed by atoms with Gasteiger partial charge in [0.05, 0.1) is 13.2 Å². The van der Waals surface area contributed by atoms with Crippen molar-refractivity contribution in [3.05, 3.63) is 126 Å². The van der Waals surface area contributed by atoms with Gasteiger partial charge in [0, 0.05) is 27.8 Å². The van der Waals surface area contributed by atoms with Crippen LogP contribution in [-0.2, 0) is 18.0 Å². The molecule has 0 saturated carbocycles. The van der Waals surface area contributed by atoms with Gasteiger partial charge in [0.25, 0.3) is 0 Å². The second kappa shape index (κ2) is 9.92. The first-order valence-electron chi connectivity index (χ1n) is 12.5. The fourth-order valence-electron chi connectivity index (χ4n) is 5.11. The molecule has 0 aliphatic heterocycles. The summed E-state index contributed by atoms with van der Waals surface area (Å²) < 4.78 is 6.03. The maximum atomic E-state index is 11.5. The Morgan fingerprint density at radius 1 is 0.500 bits per heavy atom. The van der Waals surface area contributed by atoms with Crippen molar-refractivity contribution in [3.8, 4) is 39.5 Å². The molecule has 0 bridgehead atoms. The Labute approximate surface area is 220 Å². The Morgan fingerprint density at radius 3 is 1.95 bits per heavy atom. The van der Waals surface area contributed by atoms with Crippen LogP contribution < -0.4 is 0 Å². The molecule has 0 aliphatic carbocycles. The third-order valence-corrected chi connectivity index (χ3v) is 6.98. The van der Waals surface area contributed by atoms with E-state index in [0.29, 0.717) is 22.3 Å². The zero-order valence-corrected chi connectivity index (χ0v) is 20.6. The average Bonchev–Trinajstić information content (AvgIpc) is 2.95. The number of rotatable bonds is 6. The Balaban J connectivity index is 1.37. The standard InChI is InChI=1S/C34H26O4/c35-30-18-17-23-11-4-6-14-27(23)31(30)32-28-15-7-5-12-24(28)19-26(34(32)37)21-38-20-25-13-8-16-29(33(25)36)22-9-2-1-3-10-22/h1-19,35-37H,20-21H2. The molecule has 0 aliphatic rings. The van der Waals surface area contributed by atoms with E-state index in [2.05, 4.69) is 0 Å². The van der Waals surface area contributed by atoms with E-state index in [1.165, 1.54) is 0 Å². The number of fused-ring (bicyclic) bond motifs is 2. The fourth-order valence-corrected chi connectivity index (χ4v) is 5.11. The number of phenolic OH excluding ortho intramolecular Hbond substituents is 3. The number of hydrogen-bond donors (Lipinski definition) is 3. The summed E-state index contributed by atoms with van der Waals surface area (Å²) in [7, 11) is 0. The monoisotopic (exact) mass is 498 g/mol. The minimum atomic E-state index is 0.0672. The first kappa shape index (κ1) is 23.6. The number of phenols is 3. The lowest BCUT2D eigenvalue weighted by molar-refractivity contribution is 0.104. The molecular formula is C34H26O4. The first-order valence-corrected chi connectivity index (χ1v) is 12.5.